The standard InChI is InChI=1S/C20H19F3N4O3/c1-29-13-6-4-12(5-7-13)10-24-19(28)14-11-25-27-17(20(21,22)23)9-15(26-18(14)27)16-3-2-8-30-16/h2-8,11,15,17,26H,9-10H2,1H3,(H,24,28)/t15-,17-/m1/s1. The number of carbonyl (C=O) groups is 1. The third-order valence-electron chi connectivity index (χ3n) is 4.98. The quantitative estimate of drug-likeness (QED) is 0.650. The Hall–Kier alpha value is -3.43. The molecule has 0 saturated heterocycles. The lowest BCUT2D eigenvalue weighted by Crippen LogP contribution is -2.36. The van der Waals surface area contributed by atoms with Crippen LogP contribution < -0.4 is 15.4 Å². The number of amides is 1. The maximum atomic E-state index is 13.6. The predicted octanol–water partition coefficient (Wildman–Crippen LogP) is 4.08. The van der Waals surface area contributed by atoms with Gasteiger partial charge in [-0.25, -0.2) is 4.68 Å². The van der Waals surface area contributed by atoms with Gasteiger partial charge < -0.3 is 19.8 Å². The van der Waals surface area contributed by atoms with E-state index in [0.717, 1.165) is 16.4 Å². The van der Waals surface area contributed by atoms with Gasteiger partial charge in [-0.1, -0.05) is 12.1 Å². The minimum Gasteiger partial charge on any atom is -0.497 e. The molecule has 3 heterocycles. The van der Waals surface area contributed by atoms with E-state index >= 15 is 0 Å². The van der Waals surface area contributed by atoms with Crippen LogP contribution in [-0.2, 0) is 6.54 Å². The summed E-state index contributed by atoms with van der Waals surface area (Å²) in [5.41, 5.74) is 0.855. The minimum atomic E-state index is -4.52. The van der Waals surface area contributed by atoms with Gasteiger partial charge in [0.2, 0.25) is 0 Å². The van der Waals surface area contributed by atoms with Crippen LogP contribution in [-0.4, -0.2) is 29.0 Å². The van der Waals surface area contributed by atoms with Crippen LogP contribution in [0.15, 0.2) is 53.3 Å². The lowest BCUT2D eigenvalue weighted by molar-refractivity contribution is -0.174. The Morgan fingerprint density at radius 2 is 2.10 bits per heavy atom. The summed E-state index contributed by atoms with van der Waals surface area (Å²) in [5.74, 6) is 0.529. The Balaban J connectivity index is 1.56. The summed E-state index contributed by atoms with van der Waals surface area (Å²) in [6.07, 6.45) is -2.27. The molecule has 30 heavy (non-hydrogen) atoms. The van der Waals surface area contributed by atoms with Crippen molar-refractivity contribution in [1.82, 2.24) is 15.1 Å². The number of halogens is 3. The predicted molar refractivity (Wildman–Crippen MR) is 101 cm³/mol. The molecule has 0 aliphatic carbocycles. The number of methoxy groups -OCH3 is 1. The average Bonchev–Trinajstić information content (AvgIpc) is 3.41. The van der Waals surface area contributed by atoms with E-state index in [1.807, 2.05) is 0 Å². The fourth-order valence-electron chi connectivity index (χ4n) is 3.43. The first-order valence-electron chi connectivity index (χ1n) is 9.22. The minimum absolute atomic E-state index is 0.0113. The smallest absolute Gasteiger partial charge is 0.410 e. The number of hydrogen-bond donors (Lipinski definition) is 2. The third-order valence-corrected chi connectivity index (χ3v) is 4.98. The van der Waals surface area contributed by atoms with Crippen molar-refractivity contribution in [1.29, 1.82) is 0 Å². The highest BCUT2D eigenvalue weighted by Crippen LogP contribution is 2.44. The molecule has 1 aromatic carbocycles. The number of alkyl halides is 3. The molecule has 1 amide bonds. The molecule has 0 saturated carbocycles. The van der Waals surface area contributed by atoms with E-state index in [4.69, 9.17) is 9.15 Å². The molecule has 2 atom stereocenters. The number of nitrogens with zero attached hydrogens (tertiary/aromatic N) is 2. The molecule has 158 valence electrons. The zero-order valence-corrected chi connectivity index (χ0v) is 15.9. The Morgan fingerprint density at radius 3 is 2.73 bits per heavy atom. The molecule has 0 fully saturated rings. The van der Waals surface area contributed by atoms with Crippen molar-refractivity contribution in [2.75, 3.05) is 12.4 Å². The number of aromatic nitrogens is 2. The van der Waals surface area contributed by atoms with Crippen molar-refractivity contribution < 1.29 is 27.1 Å². The topological polar surface area (TPSA) is 81.3 Å². The average molecular weight is 420 g/mol. The summed E-state index contributed by atoms with van der Waals surface area (Å²) in [6.45, 7) is 0.206. The Bertz CT molecular complexity index is 1010. The first-order valence-corrected chi connectivity index (χ1v) is 9.22. The Kier molecular flexibility index (Phi) is 5.15. The number of fused-ring (bicyclic) bond motifs is 1. The SMILES string of the molecule is COc1ccc(CNC(=O)c2cnn3c2N[C@@H](c2ccco2)C[C@@H]3C(F)(F)F)cc1. The molecular weight excluding hydrogens is 401 g/mol. The molecule has 0 radical (unpaired) electrons. The largest absolute Gasteiger partial charge is 0.497 e. The molecule has 1 aliphatic rings. The first-order chi connectivity index (χ1) is 14.4. The number of rotatable bonds is 5. The van der Waals surface area contributed by atoms with Crippen molar-refractivity contribution in [2.24, 2.45) is 0 Å². The highest BCUT2D eigenvalue weighted by Gasteiger charge is 2.47. The number of anilines is 1. The number of hydrogen-bond acceptors (Lipinski definition) is 5. The summed E-state index contributed by atoms with van der Waals surface area (Å²) in [6, 6.07) is 7.69. The second kappa shape index (κ2) is 7.77. The fraction of sp³-hybridized carbons (Fsp3) is 0.300. The molecule has 0 spiro atoms. The van der Waals surface area contributed by atoms with E-state index in [0.29, 0.717) is 11.5 Å². The second-order valence-electron chi connectivity index (χ2n) is 6.89. The van der Waals surface area contributed by atoms with Crippen molar-refractivity contribution in [3.8, 4) is 5.75 Å². The fourth-order valence-corrected chi connectivity index (χ4v) is 3.43. The van der Waals surface area contributed by atoms with Gasteiger partial charge in [0, 0.05) is 13.0 Å². The summed E-state index contributed by atoms with van der Waals surface area (Å²) >= 11 is 0. The summed E-state index contributed by atoms with van der Waals surface area (Å²) in [4.78, 5) is 12.7. The molecule has 1 aliphatic heterocycles. The number of furan rings is 1. The van der Waals surface area contributed by atoms with Gasteiger partial charge in [0.25, 0.3) is 5.91 Å². The van der Waals surface area contributed by atoms with Crippen LogP contribution in [0, 0.1) is 0 Å². The van der Waals surface area contributed by atoms with Crippen LogP contribution in [0.5, 0.6) is 5.75 Å². The van der Waals surface area contributed by atoms with Crippen molar-refractivity contribution >= 4 is 11.7 Å². The van der Waals surface area contributed by atoms with E-state index in [9.17, 15) is 18.0 Å². The molecule has 0 bridgehead atoms. The first kappa shape index (κ1) is 19.9. The number of benzene rings is 1. The number of ether oxygens (including phenoxy) is 1. The van der Waals surface area contributed by atoms with E-state index in [2.05, 4.69) is 15.7 Å². The summed E-state index contributed by atoms with van der Waals surface area (Å²) < 4.78 is 52.1. The van der Waals surface area contributed by atoms with Gasteiger partial charge in [-0.15, -0.1) is 0 Å². The van der Waals surface area contributed by atoms with E-state index < -0.39 is 24.2 Å². The van der Waals surface area contributed by atoms with Crippen molar-refractivity contribution in [3.05, 3.63) is 65.7 Å². The van der Waals surface area contributed by atoms with E-state index in [-0.39, 0.29) is 24.3 Å². The molecular formula is C20H19F3N4O3. The third kappa shape index (κ3) is 3.85. The van der Waals surface area contributed by atoms with Gasteiger partial charge >= 0.3 is 6.18 Å². The normalized spacial score (nSPS) is 18.4. The number of carbonyl (C=O) groups excluding carboxylic acids is 1. The van der Waals surface area contributed by atoms with Crippen LogP contribution in [0.25, 0.3) is 0 Å². The van der Waals surface area contributed by atoms with Gasteiger partial charge in [0.05, 0.1) is 25.6 Å². The Morgan fingerprint density at radius 1 is 1.33 bits per heavy atom. The van der Waals surface area contributed by atoms with Gasteiger partial charge in [-0.05, 0) is 29.8 Å². The van der Waals surface area contributed by atoms with Gasteiger partial charge in [-0.3, -0.25) is 4.79 Å². The van der Waals surface area contributed by atoms with Crippen LogP contribution in [0.2, 0.25) is 0 Å². The van der Waals surface area contributed by atoms with Gasteiger partial charge in [0.15, 0.2) is 6.04 Å². The van der Waals surface area contributed by atoms with E-state index in [1.54, 1.807) is 43.5 Å². The number of nitrogens with one attached hydrogen (secondary N) is 2. The van der Waals surface area contributed by atoms with Crippen LogP contribution in [0.1, 0.15) is 40.2 Å². The summed E-state index contributed by atoms with van der Waals surface area (Å²) in [5, 5.41) is 9.53. The molecule has 0 unspecified atom stereocenters. The van der Waals surface area contributed by atoms with Crippen LogP contribution in [0.3, 0.4) is 0 Å². The van der Waals surface area contributed by atoms with Crippen LogP contribution in [0.4, 0.5) is 19.0 Å². The van der Waals surface area contributed by atoms with E-state index in [1.165, 1.54) is 6.26 Å². The zero-order chi connectivity index (χ0) is 21.3. The van der Waals surface area contributed by atoms with Crippen LogP contribution >= 0.6 is 0 Å². The lowest BCUT2D eigenvalue weighted by atomic mass is 10.0. The molecule has 7 nitrogen and oxygen atoms in total. The highest BCUT2D eigenvalue weighted by molar-refractivity contribution is 5.98. The van der Waals surface area contributed by atoms with Gasteiger partial charge in [-0.2, -0.15) is 18.3 Å². The van der Waals surface area contributed by atoms with Gasteiger partial charge in [0.1, 0.15) is 22.9 Å². The zero-order valence-electron chi connectivity index (χ0n) is 15.9. The Labute approximate surface area is 169 Å². The molecule has 3 aromatic rings. The lowest BCUT2D eigenvalue weighted by Gasteiger charge is -2.32. The maximum Gasteiger partial charge on any atom is 0.410 e. The highest BCUT2D eigenvalue weighted by atomic mass is 19.4. The monoisotopic (exact) mass is 420 g/mol. The molecule has 10 heteroatoms. The molecule has 2 N–H and O–H groups in total. The maximum absolute atomic E-state index is 13.6. The van der Waals surface area contributed by atoms with Crippen molar-refractivity contribution in [2.45, 2.75) is 31.2 Å². The molecule has 2 aromatic heterocycles. The second-order valence-corrected chi connectivity index (χ2v) is 6.89. The molecule has 4 rings (SSSR count). The van der Waals surface area contributed by atoms with Crippen molar-refractivity contribution in [3.63, 3.8) is 0 Å². The summed E-state index contributed by atoms with van der Waals surface area (Å²) in [7, 11) is 1.55.